The lowest BCUT2D eigenvalue weighted by atomic mass is 9.49. The number of halogens is 3. The van der Waals surface area contributed by atoms with E-state index in [0.717, 1.165) is 31.4 Å². The smallest absolute Gasteiger partial charge is 0.416 e. The van der Waals surface area contributed by atoms with Crippen LogP contribution < -0.4 is 5.32 Å². The van der Waals surface area contributed by atoms with Crippen molar-refractivity contribution in [3.8, 4) is 0 Å². The maximum Gasteiger partial charge on any atom is 0.416 e. The average molecular weight is 395 g/mol. The fraction of sp³-hybridized carbons (Fsp3) is 0.619. The summed E-state index contributed by atoms with van der Waals surface area (Å²) >= 11 is 0. The molecule has 7 heteroatoms. The molecule has 152 valence electrons. The van der Waals surface area contributed by atoms with Gasteiger partial charge < -0.3 is 10.1 Å². The van der Waals surface area contributed by atoms with Gasteiger partial charge in [-0.2, -0.15) is 13.2 Å². The van der Waals surface area contributed by atoms with E-state index in [-0.39, 0.29) is 11.7 Å². The number of carbonyl (C=O) groups excluding carboxylic acids is 2. The highest BCUT2D eigenvalue weighted by molar-refractivity contribution is 5.95. The normalized spacial score (nSPS) is 32.1. The molecule has 0 unspecified atom stereocenters. The lowest BCUT2D eigenvalue weighted by Gasteiger charge is -2.55. The Morgan fingerprint density at radius 1 is 1.04 bits per heavy atom. The van der Waals surface area contributed by atoms with E-state index in [1.807, 2.05) is 0 Å². The number of anilines is 1. The zero-order chi connectivity index (χ0) is 20.1. The summed E-state index contributed by atoms with van der Waals surface area (Å²) in [4.78, 5) is 25.2. The number of carbonyl (C=O) groups is 2. The van der Waals surface area contributed by atoms with Gasteiger partial charge >= 0.3 is 12.1 Å². The summed E-state index contributed by atoms with van der Waals surface area (Å²) in [5.41, 5.74) is -1.00. The minimum absolute atomic E-state index is 0.232. The van der Waals surface area contributed by atoms with Crippen LogP contribution in [-0.4, -0.2) is 18.0 Å². The van der Waals surface area contributed by atoms with Crippen molar-refractivity contribution in [3.63, 3.8) is 0 Å². The first kappa shape index (κ1) is 19.3. The zero-order valence-corrected chi connectivity index (χ0v) is 15.7. The molecule has 5 rings (SSSR count). The molecule has 1 N–H and O–H groups in total. The maximum absolute atomic E-state index is 12.9. The van der Waals surface area contributed by atoms with Crippen LogP contribution in [0.4, 0.5) is 18.9 Å². The fourth-order valence-corrected chi connectivity index (χ4v) is 5.69. The summed E-state index contributed by atoms with van der Waals surface area (Å²) in [6.45, 7) is 1.50. The largest absolute Gasteiger partial charge is 0.452 e. The Morgan fingerprint density at radius 2 is 1.54 bits per heavy atom. The predicted octanol–water partition coefficient (Wildman–Crippen LogP) is 4.79. The highest BCUT2D eigenvalue weighted by Gasteiger charge is 2.55. The number of amides is 1. The first-order valence-electron chi connectivity index (χ1n) is 9.84. The second-order valence-corrected chi connectivity index (χ2v) is 8.81. The van der Waals surface area contributed by atoms with E-state index >= 15 is 0 Å². The molecule has 0 saturated heterocycles. The van der Waals surface area contributed by atoms with Crippen LogP contribution in [0.3, 0.4) is 0 Å². The van der Waals surface area contributed by atoms with Crippen LogP contribution in [0.2, 0.25) is 0 Å². The third-order valence-corrected chi connectivity index (χ3v) is 6.60. The molecule has 0 radical (unpaired) electrons. The van der Waals surface area contributed by atoms with Crippen LogP contribution in [0.5, 0.6) is 0 Å². The Hall–Kier alpha value is -2.05. The second-order valence-electron chi connectivity index (χ2n) is 8.81. The minimum atomic E-state index is -4.43. The molecular weight excluding hydrogens is 371 g/mol. The number of alkyl halides is 3. The van der Waals surface area contributed by atoms with Crippen molar-refractivity contribution in [2.24, 2.45) is 23.2 Å². The van der Waals surface area contributed by atoms with Crippen molar-refractivity contribution in [1.82, 2.24) is 0 Å². The van der Waals surface area contributed by atoms with Crippen molar-refractivity contribution >= 4 is 17.6 Å². The average Bonchev–Trinajstić information content (AvgIpc) is 2.60. The molecule has 1 amide bonds. The van der Waals surface area contributed by atoms with Crippen molar-refractivity contribution in [2.75, 3.05) is 5.32 Å². The number of hydrogen-bond donors (Lipinski definition) is 1. The van der Waals surface area contributed by atoms with Gasteiger partial charge in [0.2, 0.25) is 0 Å². The van der Waals surface area contributed by atoms with Crippen LogP contribution in [0.15, 0.2) is 24.3 Å². The van der Waals surface area contributed by atoms with Crippen LogP contribution in [0.25, 0.3) is 0 Å². The molecule has 0 aliphatic heterocycles. The summed E-state index contributed by atoms with van der Waals surface area (Å²) in [6.07, 6.45) is 0.747. The number of esters is 1. The van der Waals surface area contributed by atoms with Gasteiger partial charge in [-0.1, -0.05) is 0 Å². The zero-order valence-electron chi connectivity index (χ0n) is 15.7. The van der Waals surface area contributed by atoms with Gasteiger partial charge in [0.15, 0.2) is 6.10 Å². The molecular formula is C21H24F3NO3. The summed E-state index contributed by atoms with van der Waals surface area (Å²) in [5, 5.41) is 2.52. The quantitative estimate of drug-likeness (QED) is 0.746. The van der Waals surface area contributed by atoms with E-state index in [2.05, 4.69) is 5.32 Å². The molecule has 4 aliphatic rings. The summed E-state index contributed by atoms with van der Waals surface area (Å²) in [6, 6.07) is 4.19. The van der Waals surface area contributed by atoms with E-state index in [4.69, 9.17) is 4.74 Å². The summed E-state index contributed by atoms with van der Waals surface area (Å²) in [7, 11) is 0. The molecule has 1 atom stereocenters. The lowest BCUT2D eigenvalue weighted by molar-refractivity contribution is -0.177. The first-order chi connectivity index (χ1) is 13.1. The third-order valence-electron chi connectivity index (χ3n) is 6.60. The van der Waals surface area contributed by atoms with Gasteiger partial charge in [0.1, 0.15) is 0 Å². The van der Waals surface area contributed by atoms with E-state index in [1.165, 1.54) is 38.3 Å². The fourth-order valence-electron chi connectivity index (χ4n) is 5.69. The van der Waals surface area contributed by atoms with Crippen LogP contribution in [0, 0.1) is 23.2 Å². The van der Waals surface area contributed by atoms with Crippen molar-refractivity contribution in [1.29, 1.82) is 0 Å². The molecule has 28 heavy (non-hydrogen) atoms. The van der Waals surface area contributed by atoms with E-state index in [9.17, 15) is 22.8 Å². The Morgan fingerprint density at radius 3 is 2.00 bits per heavy atom. The molecule has 1 aromatic carbocycles. The highest BCUT2D eigenvalue weighted by Crippen LogP contribution is 2.60. The molecule has 4 aliphatic carbocycles. The monoisotopic (exact) mass is 395 g/mol. The van der Waals surface area contributed by atoms with E-state index in [1.54, 1.807) is 0 Å². The number of benzene rings is 1. The lowest BCUT2D eigenvalue weighted by Crippen LogP contribution is -2.51. The molecule has 4 saturated carbocycles. The van der Waals surface area contributed by atoms with Gasteiger partial charge in [-0.05, 0) is 87.5 Å². The second kappa shape index (κ2) is 6.78. The highest BCUT2D eigenvalue weighted by atomic mass is 19.4. The van der Waals surface area contributed by atoms with E-state index < -0.39 is 29.2 Å². The SMILES string of the molecule is C[C@H](OC(=O)C12CC3CC(CC(C3)C1)C2)C(=O)Nc1ccc(C(F)(F)F)cc1. The Balaban J connectivity index is 1.36. The summed E-state index contributed by atoms with van der Waals surface area (Å²) < 4.78 is 43.4. The van der Waals surface area contributed by atoms with Gasteiger partial charge in [0.05, 0.1) is 11.0 Å². The molecule has 4 bridgehead atoms. The Kier molecular flexibility index (Phi) is 4.67. The van der Waals surface area contributed by atoms with Gasteiger partial charge in [-0.25, -0.2) is 0 Å². The Labute approximate surface area is 161 Å². The van der Waals surface area contributed by atoms with Crippen molar-refractivity contribution in [2.45, 2.75) is 57.7 Å². The standard InChI is InChI=1S/C21H24F3NO3/c1-12(18(26)25-17-4-2-16(3-5-17)21(22,23)24)28-19(27)20-9-13-6-14(10-20)8-15(7-13)11-20/h2-5,12-15H,6-11H2,1H3,(H,25,26)/t12-,13?,14?,15?,20?/m0/s1. The topological polar surface area (TPSA) is 55.4 Å². The van der Waals surface area contributed by atoms with Crippen LogP contribution >= 0.6 is 0 Å². The molecule has 4 fully saturated rings. The molecule has 0 spiro atoms. The molecule has 4 nitrogen and oxygen atoms in total. The third kappa shape index (κ3) is 3.63. The molecule has 1 aromatic rings. The van der Waals surface area contributed by atoms with E-state index in [0.29, 0.717) is 17.8 Å². The number of hydrogen-bond acceptors (Lipinski definition) is 3. The van der Waals surface area contributed by atoms with Gasteiger partial charge in [-0.15, -0.1) is 0 Å². The van der Waals surface area contributed by atoms with Crippen molar-refractivity contribution < 1.29 is 27.5 Å². The molecule has 0 heterocycles. The van der Waals surface area contributed by atoms with Gasteiger partial charge in [-0.3, -0.25) is 9.59 Å². The van der Waals surface area contributed by atoms with Crippen LogP contribution in [-0.2, 0) is 20.5 Å². The first-order valence-corrected chi connectivity index (χ1v) is 9.84. The summed E-state index contributed by atoms with van der Waals surface area (Å²) in [5.74, 6) is 0.944. The number of nitrogens with one attached hydrogen (secondary N) is 1. The Bertz CT molecular complexity index is 737. The number of ether oxygens (including phenoxy) is 1. The predicted molar refractivity (Wildman–Crippen MR) is 96.2 cm³/mol. The van der Waals surface area contributed by atoms with Crippen LogP contribution in [0.1, 0.15) is 51.0 Å². The van der Waals surface area contributed by atoms with Gasteiger partial charge in [0, 0.05) is 5.69 Å². The van der Waals surface area contributed by atoms with Crippen molar-refractivity contribution in [3.05, 3.63) is 29.8 Å². The van der Waals surface area contributed by atoms with Gasteiger partial charge in [0.25, 0.3) is 5.91 Å². The minimum Gasteiger partial charge on any atom is -0.452 e. The molecule has 0 aromatic heterocycles. The number of rotatable bonds is 4. The maximum atomic E-state index is 12.9.